The molecule has 2 rings (SSSR count). The number of ether oxygens (including phenoxy) is 1. The molecule has 1 aromatic rings. The second-order valence-corrected chi connectivity index (χ2v) is 7.80. The average Bonchev–Trinajstić information content (AvgIpc) is 2.91. The molecule has 1 aromatic carbocycles. The van der Waals surface area contributed by atoms with Crippen molar-refractivity contribution in [3.05, 3.63) is 11.1 Å². The SMILES string of the molecule is Cc1c(P)c(P)c(P)c(CCC2CCC(CN)O2)c1P. The normalized spacial score (nSPS) is 22.5. The fourth-order valence-corrected chi connectivity index (χ4v) is 4.88. The lowest BCUT2D eigenvalue weighted by atomic mass is 10.0. The van der Waals surface area contributed by atoms with Crippen molar-refractivity contribution >= 4 is 58.2 Å². The third-order valence-electron chi connectivity index (χ3n) is 4.21. The average molecular weight is 347 g/mol. The van der Waals surface area contributed by atoms with E-state index in [-0.39, 0.29) is 6.10 Å². The highest BCUT2D eigenvalue weighted by Crippen LogP contribution is 2.23. The van der Waals surface area contributed by atoms with Crippen LogP contribution in [0.25, 0.3) is 0 Å². The first-order valence-electron chi connectivity index (χ1n) is 7.02. The van der Waals surface area contributed by atoms with Crippen LogP contribution in [0, 0.1) is 6.92 Å². The van der Waals surface area contributed by atoms with E-state index >= 15 is 0 Å². The fourth-order valence-electron chi connectivity index (χ4n) is 2.77. The lowest BCUT2D eigenvalue weighted by Gasteiger charge is -2.19. The molecule has 0 radical (unpaired) electrons. The minimum atomic E-state index is 0.277. The Morgan fingerprint density at radius 3 is 2.25 bits per heavy atom. The number of hydrogen-bond donors (Lipinski definition) is 1. The maximum Gasteiger partial charge on any atom is 0.0702 e. The van der Waals surface area contributed by atoms with E-state index in [1.807, 2.05) is 0 Å². The Kier molecular flexibility index (Phi) is 6.39. The summed E-state index contributed by atoms with van der Waals surface area (Å²) in [6.45, 7) is 2.83. The lowest BCUT2D eigenvalue weighted by Crippen LogP contribution is -2.35. The minimum Gasteiger partial charge on any atom is -0.374 e. The topological polar surface area (TPSA) is 35.2 Å². The van der Waals surface area contributed by atoms with Gasteiger partial charge < -0.3 is 10.5 Å². The second kappa shape index (κ2) is 7.42. The van der Waals surface area contributed by atoms with Crippen LogP contribution in [0.15, 0.2) is 0 Å². The summed E-state index contributed by atoms with van der Waals surface area (Å²) in [7, 11) is 11.5. The number of hydrogen-bond acceptors (Lipinski definition) is 2. The summed E-state index contributed by atoms with van der Waals surface area (Å²) in [6, 6.07) is 0. The first-order chi connectivity index (χ1) is 9.45. The Morgan fingerprint density at radius 1 is 1.00 bits per heavy atom. The van der Waals surface area contributed by atoms with Crippen LogP contribution in [0.2, 0.25) is 0 Å². The molecule has 112 valence electrons. The molecule has 20 heavy (non-hydrogen) atoms. The van der Waals surface area contributed by atoms with Crippen LogP contribution in [0.3, 0.4) is 0 Å². The molecule has 6 heteroatoms. The van der Waals surface area contributed by atoms with Gasteiger partial charge in [-0.25, -0.2) is 0 Å². The van der Waals surface area contributed by atoms with E-state index in [1.54, 1.807) is 0 Å². The van der Waals surface area contributed by atoms with Gasteiger partial charge in [0.25, 0.3) is 0 Å². The van der Waals surface area contributed by atoms with Crippen molar-refractivity contribution in [3.63, 3.8) is 0 Å². The Balaban J connectivity index is 2.11. The Bertz CT molecular complexity index is 477. The Hall–Kier alpha value is 0.860. The Labute approximate surface area is 131 Å². The van der Waals surface area contributed by atoms with Crippen LogP contribution >= 0.6 is 37.0 Å². The molecule has 1 aliphatic rings. The van der Waals surface area contributed by atoms with Crippen LogP contribution in [0.1, 0.15) is 30.4 Å². The molecule has 1 heterocycles. The third-order valence-corrected chi connectivity index (χ3v) is 7.69. The van der Waals surface area contributed by atoms with E-state index in [4.69, 9.17) is 10.5 Å². The maximum absolute atomic E-state index is 5.95. The summed E-state index contributed by atoms with van der Waals surface area (Å²) in [4.78, 5) is 0. The fraction of sp³-hybridized carbons (Fsp3) is 0.571. The molecule has 1 saturated heterocycles. The second-order valence-electron chi connectivity index (χ2n) is 5.49. The summed E-state index contributed by atoms with van der Waals surface area (Å²) < 4.78 is 5.95. The van der Waals surface area contributed by atoms with E-state index in [0.29, 0.717) is 12.6 Å². The standard InChI is InChI=1S/C14H25NOP4/c1-7-11(17)10(13(19)14(20)12(7)18)5-4-8-2-3-9(6-15)16-8/h8-9H,2-6,15,17-20H2,1H3. The van der Waals surface area contributed by atoms with Crippen molar-refractivity contribution < 1.29 is 4.74 Å². The highest BCUT2D eigenvalue weighted by Gasteiger charge is 2.24. The number of nitrogens with two attached hydrogens (primary N) is 1. The van der Waals surface area contributed by atoms with Crippen molar-refractivity contribution in [2.24, 2.45) is 5.73 Å². The van der Waals surface area contributed by atoms with Crippen molar-refractivity contribution in [1.29, 1.82) is 0 Å². The van der Waals surface area contributed by atoms with Gasteiger partial charge in [-0.2, -0.15) is 0 Å². The van der Waals surface area contributed by atoms with Gasteiger partial charge in [-0.15, -0.1) is 37.0 Å². The first-order valence-corrected chi connectivity index (χ1v) is 9.33. The zero-order chi connectivity index (χ0) is 14.9. The molecule has 2 N–H and O–H groups in total. The van der Waals surface area contributed by atoms with Crippen LogP contribution in [0.5, 0.6) is 0 Å². The van der Waals surface area contributed by atoms with Gasteiger partial charge in [-0.3, -0.25) is 0 Å². The monoisotopic (exact) mass is 347 g/mol. The molecular formula is C14H25NOP4. The van der Waals surface area contributed by atoms with Crippen molar-refractivity contribution in [1.82, 2.24) is 0 Å². The van der Waals surface area contributed by atoms with E-state index in [2.05, 4.69) is 43.9 Å². The molecule has 0 saturated carbocycles. The molecular weight excluding hydrogens is 322 g/mol. The molecule has 6 atom stereocenters. The molecule has 2 nitrogen and oxygen atoms in total. The molecule has 0 aromatic heterocycles. The predicted octanol–water partition coefficient (Wildman–Crippen LogP) is 0.436. The van der Waals surface area contributed by atoms with Crippen molar-refractivity contribution in [2.75, 3.05) is 6.54 Å². The third kappa shape index (κ3) is 3.60. The summed E-state index contributed by atoms with van der Waals surface area (Å²) in [5, 5.41) is 5.21. The van der Waals surface area contributed by atoms with Gasteiger partial charge >= 0.3 is 0 Å². The van der Waals surface area contributed by atoms with Gasteiger partial charge in [0.15, 0.2) is 0 Å². The predicted molar refractivity (Wildman–Crippen MR) is 104 cm³/mol. The van der Waals surface area contributed by atoms with E-state index in [0.717, 1.165) is 25.7 Å². The summed E-state index contributed by atoms with van der Waals surface area (Å²) in [5.74, 6) is 0. The molecule has 6 unspecified atom stereocenters. The van der Waals surface area contributed by atoms with E-state index < -0.39 is 0 Å². The van der Waals surface area contributed by atoms with Crippen LogP contribution < -0.4 is 27.0 Å². The molecule has 0 aliphatic carbocycles. The molecule has 0 spiro atoms. The lowest BCUT2D eigenvalue weighted by molar-refractivity contribution is 0.0459. The maximum atomic E-state index is 5.95. The Morgan fingerprint density at radius 2 is 1.65 bits per heavy atom. The first kappa shape index (κ1) is 17.2. The zero-order valence-electron chi connectivity index (χ0n) is 12.0. The summed E-state index contributed by atoms with van der Waals surface area (Å²) >= 11 is 0. The van der Waals surface area contributed by atoms with Gasteiger partial charge in [0.05, 0.1) is 12.2 Å². The molecule has 0 bridgehead atoms. The molecule has 1 fully saturated rings. The largest absolute Gasteiger partial charge is 0.374 e. The summed E-state index contributed by atoms with van der Waals surface area (Å²) in [6.07, 6.45) is 5.06. The van der Waals surface area contributed by atoms with Gasteiger partial charge in [-0.05, 0) is 65.0 Å². The highest BCUT2D eigenvalue weighted by molar-refractivity contribution is 7.41. The minimum absolute atomic E-state index is 0.277. The van der Waals surface area contributed by atoms with Crippen molar-refractivity contribution in [3.8, 4) is 0 Å². The van der Waals surface area contributed by atoms with E-state index in [1.165, 1.54) is 32.3 Å². The summed E-state index contributed by atoms with van der Waals surface area (Å²) in [5.41, 5.74) is 8.44. The van der Waals surface area contributed by atoms with Crippen molar-refractivity contribution in [2.45, 2.75) is 44.8 Å². The smallest absolute Gasteiger partial charge is 0.0702 e. The highest BCUT2D eigenvalue weighted by atomic mass is 31.0. The molecule has 1 aliphatic heterocycles. The van der Waals surface area contributed by atoms with Gasteiger partial charge in [-0.1, -0.05) is 0 Å². The number of rotatable bonds is 4. The van der Waals surface area contributed by atoms with Crippen LogP contribution in [-0.4, -0.2) is 18.8 Å². The van der Waals surface area contributed by atoms with Gasteiger partial charge in [0.1, 0.15) is 0 Å². The van der Waals surface area contributed by atoms with Crippen LogP contribution in [0.4, 0.5) is 0 Å². The molecule has 0 amide bonds. The zero-order valence-corrected chi connectivity index (χ0v) is 16.6. The number of benzene rings is 1. The van der Waals surface area contributed by atoms with Gasteiger partial charge in [0, 0.05) is 6.54 Å². The van der Waals surface area contributed by atoms with E-state index in [9.17, 15) is 0 Å². The van der Waals surface area contributed by atoms with Gasteiger partial charge in [0.2, 0.25) is 0 Å². The quantitative estimate of drug-likeness (QED) is 0.802. The van der Waals surface area contributed by atoms with Crippen LogP contribution in [-0.2, 0) is 11.2 Å².